The summed E-state index contributed by atoms with van der Waals surface area (Å²) in [4.78, 5) is 7.22. The average molecular weight is 192 g/mol. The minimum absolute atomic E-state index is 0.0694. The van der Waals surface area contributed by atoms with Crippen LogP contribution in [0.5, 0.6) is 0 Å². The Hall–Kier alpha value is -1.31. The van der Waals surface area contributed by atoms with E-state index in [0.29, 0.717) is 0 Å². The van der Waals surface area contributed by atoms with Crippen molar-refractivity contribution in [1.82, 2.24) is 9.97 Å². The Bertz CT molecular complexity index is 295. The standard InChI is InChI=1S/C10H14N2.C2H6/c1-5-8-9(12-7-11-8)10(3,4)6-2;1-2/h5-7H,1-2H2,3-4H3,(H,11,12);1-2H3. The van der Waals surface area contributed by atoms with Crippen LogP contribution in [-0.2, 0) is 5.41 Å². The maximum Gasteiger partial charge on any atom is 0.0929 e. The van der Waals surface area contributed by atoms with Gasteiger partial charge in [0, 0.05) is 5.41 Å². The molecule has 1 aromatic heterocycles. The molecule has 0 aliphatic carbocycles. The molecule has 1 heterocycles. The molecule has 0 aromatic carbocycles. The molecule has 1 rings (SSSR count). The van der Waals surface area contributed by atoms with Gasteiger partial charge in [-0.3, -0.25) is 0 Å². The molecule has 2 heteroatoms. The first-order chi connectivity index (χ1) is 6.61. The molecule has 78 valence electrons. The second-order valence-electron chi connectivity index (χ2n) is 3.29. The molecule has 0 saturated carbocycles. The lowest BCUT2D eigenvalue weighted by atomic mass is 9.88. The molecule has 0 amide bonds. The third-order valence-corrected chi connectivity index (χ3v) is 2.02. The van der Waals surface area contributed by atoms with Gasteiger partial charge in [-0.25, -0.2) is 4.98 Å². The number of imidazole rings is 1. The van der Waals surface area contributed by atoms with Crippen molar-refractivity contribution < 1.29 is 0 Å². The van der Waals surface area contributed by atoms with Gasteiger partial charge in [-0.2, -0.15) is 0 Å². The molecule has 2 nitrogen and oxygen atoms in total. The van der Waals surface area contributed by atoms with Crippen LogP contribution in [0.2, 0.25) is 0 Å². The Morgan fingerprint density at radius 2 is 1.93 bits per heavy atom. The molecular formula is C12H20N2. The summed E-state index contributed by atoms with van der Waals surface area (Å²) in [5.41, 5.74) is 1.90. The highest BCUT2D eigenvalue weighted by Crippen LogP contribution is 2.24. The van der Waals surface area contributed by atoms with Crippen molar-refractivity contribution in [3.05, 3.63) is 36.9 Å². The molecule has 0 unspecified atom stereocenters. The summed E-state index contributed by atoms with van der Waals surface area (Å²) in [5, 5.41) is 0. The summed E-state index contributed by atoms with van der Waals surface area (Å²) in [6.07, 6.45) is 5.32. The topological polar surface area (TPSA) is 28.7 Å². The Morgan fingerprint density at radius 3 is 2.36 bits per heavy atom. The first-order valence-corrected chi connectivity index (χ1v) is 4.91. The van der Waals surface area contributed by atoms with Gasteiger partial charge < -0.3 is 4.98 Å². The minimum atomic E-state index is -0.0694. The Balaban J connectivity index is 0.000000791. The molecular weight excluding hydrogens is 172 g/mol. The highest BCUT2D eigenvalue weighted by atomic mass is 14.9. The number of allylic oxidation sites excluding steroid dienone is 1. The van der Waals surface area contributed by atoms with Crippen molar-refractivity contribution in [1.29, 1.82) is 0 Å². The zero-order valence-corrected chi connectivity index (χ0v) is 9.59. The highest BCUT2D eigenvalue weighted by Gasteiger charge is 2.20. The fraction of sp³-hybridized carbons (Fsp3) is 0.417. The predicted molar refractivity (Wildman–Crippen MR) is 63.2 cm³/mol. The molecule has 0 fully saturated rings. The fourth-order valence-electron chi connectivity index (χ4n) is 1.08. The number of aromatic nitrogens is 2. The van der Waals surface area contributed by atoms with Crippen molar-refractivity contribution in [3.63, 3.8) is 0 Å². The second kappa shape index (κ2) is 5.43. The van der Waals surface area contributed by atoms with Crippen LogP contribution in [0, 0.1) is 0 Å². The predicted octanol–water partition coefficient (Wildman–Crippen LogP) is 3.54. The van der Waals surface area contributed by atoms with Crippen LogP contribution in [0.3, 0.4) is 0 Å². The third kappa shape index (κ3) is 2.59. The van der Waals surface area contributed by atoms with Gasteiger partial charge in [0.15, 0.2) is 0 Å². The number of hydrogen-bond donors (Lipinski definition) is 1. The van der Waals surface area contributed by atoms with Crippen molar-refractivity contribution >= 4 is 6.08 Å². The Morgan fingerprint density at radius 1 is 1.36 bits per heavy atom. The number of aromatic amines is 1. The van der Waals surface area contributed by atoms with Crippen LogP contribution < -0.4 is 0 Å². The molecule has 14 heavy (non-hydrogen) atoms. The van der Waals surface area contributed by atoms with E-state index in [1.807, 2.05) is 19.9 Å². The van der Waals surface area contributed by atoms with Crippen LogP contribution in [0.15, 0.2) is 25.6 Å². The number of H-pyrrole nitrogens is 1. The molecule has 0 radical (unpaired) electrons. The van der Waals surface area contributed by atoms with Crippen LogP contribution in [-0.4, -0.2) is 9.97 Å². The smallest absolute Gasteiger partial charge is 0.0929 e. The van der Waals surface area contributed by atoms with E-state index in [0.717, 1.165) is 11.4 Å². The molecule has 0 bridgehead atoms. The van der Waals surface area contributed by atoms with Gasteiger partial charge in [0.2, 0.25) is 0 Å². The summed E-state index contributed by atoms with van der Waals surface area (Å²) >= 11 is 0. The van der Waals surface area contributed by atoms with E-state index in [9.17, 15) is 0 Å². The third-order valence-electron chi connectivity index (χ3n) is 2.02. The Kier molecular flexibility index (Phi) is 4.92. The number of nitrogens with zero attached hydrogens (tertiary/aromatic N) is 1. The van der Waals surface area contributed by atoms with Gasteiger partial charge in [0.25, 0.3) is 0 Å². The monoisotopic (exact) mass is 192 g/mol. The lowest BCUT2D eigenvalue weighted by molar-refractivity contribution is 0.648. The summed E-state index contributed by atoms with van der Waals surface area (Å²) < 4.78 is 0. The Labute approximate surface area is 86.8 Å². The largest absolute Gasteiger partial charge is 0.347 e. The van der Waals surface area contributed by atoms with E-state index < -0.39 is 0 Å². The van der Waals surface area contributed by atoms with E-state index in [2.05, 4.69) is 37.0 Å². The first kappa shape index (κ1) is 12.7. The van der Waals surface area contributed by atoms with Crippen molar-refractivity contribution in [2.45, 2.75) is 33.1 Å². The lowest BCUT2D eigenvalue weighted by Crippen LogP contribution is -2.14. The van der Waals surface area contributed by atoms with Crippen LogP contribution in [0.25, 0.3) is 6.08 Å². The van der Waals surface area contributed by atoms with E-state index in [1.54, 1.807) is 12.4 Å². The first-order valence-electron chi connectivity index (χ1n) is 4.91. The summed E-state index contributed by atoms with van der Waals surface area (Å²) in [6, 6.07) is 0. The van der Waals surface area contributed by atoms with Gasteiger partial charge in [0.1, 0.15) is 0 Å². The molecule has 0 aliphatic heterocycles. The van der Waals surface area contributed by atoms with Crippen molar-refractivity contribution in [2.75, 3.05) is 0 Å². The van der Waals surface area contributed by atoms with E-state index in [-0.39, 0.29) is 5.41 Å². The number of rotatable bonds is 3. The molecule has 1 aromatic rings. The zero-order chi connectivity index (χ0) is 11.2. The van der Waals surface area contributed by atoms with Gasteiger partial charge >= 0.3 is 0 Å². The van der Waals surface area contributed by atoms with Crippen LogP contribution in [0.4, 0.5) is 0 Å². The minimum Gasteiger partial charge on any atom is -0.347 e. The number of nitrogens with one attached hydrogen (secondary N) is 1. The van der Waals surface area contributed by atoms with E-state index in [4.69, 9.17) is 0 Å². The maximum absolute atomic E-state index is 4.13. The fourth-order valence-corrected chi connectivity index (χ4v) is 1.08. The second-order valence-corrected chi connectivity index (χ2v) is 3.29. The van der Waals surface area contributed by atoms with Gasteiger partial charge in [-0.1, -0.05) is 40.3 Å². The highest BCUT2D eigenvalue weighted by molar-refractivity contribution is 5.47. The van der Waals surface area contributed by atoms with Gasteiger partial charge in [0.05, 0.1) is 17.7 Å². The summed E-state index contributed by atoms with van der Waals surface area (Å²) in [5.74, 6) is 0. The molecule has 0 saturated heterocycles. The number of hydrogen-bond acceptors (Lipinski definition) is 1. The normalized spacial score (nSPS) is 10.0. The molecule has 0 aliphatic rings. The molecule has 0 spiro atoms. The van der Waals surface area contributed by atoms with Crippen LogP contribution in [0.1, 0.15) is 39.1 Å². The lowest BCUT2D eigenvalue weighted by Gasteiger charge is -2.18. The van der Waals surface area contributed by atoms with E-state index >= 15 is 0 Å². The summed E-state index contributed by atoms with van der Waals surface area (Å²) in [6.45, 7) is 15.6. The zero-order valence-electron chi connectivity index (χ0n) is 9.59. The van der Waals surface area contributed by atoms with Crippen LogP contribution >= 0.6 is 0 Å². The summed E-state index contributed by atoms with van der Waals surface area (Å²) in [7, 11) is 0. The van der Waals surface area contributed by atoms with E-state index in [1.165, 1.54) is 0 Å². The van der Waals surface area contributed by atoms with Crippen molar-refractivity contribution in [3.8, 4) is 0 Å². The van der Waals surface area contributed by atoms with Crippen molar-refractivity contribution in [2.24, 2.45) is 0 Å². The van der Waals surface area contributed by atoms with Gasteiger partial charge in [-0.15, -0.1) is 6.58 Å². The molecule has 0 atom stereocenters. The quantitative estimate of drug-likeness (QED) is 0.729. The average Bonchev–Trinajstić information content (AvgIpc) is 2.69. The maximum atomic E-state index is 4.13. The SMILES string of the molecule is C=Cc1nc[nH]c1C(C)(C)C=C.CC. The molecule has 1 N–H and O–H groups in total. The van der Waals surface area contributed by atoms with Gasteiger partial charge in [-0.05, 0) is 6.08 Å².